The van der Waals surface area contributed by atoms with E-state index < -0.39 is 11.9 Å². The number of amides is 2. The number of hydrogen-bond acceptors (Lipinski definition) is 3. The largest absolute Gasteiger partial charge is 0.478 e. The van der Waals surface area contributed by atoms with E-state index in [1.807, 2.05) is 0 Å². The zero-order chi connectivity index (χ0) is 14.3. The first kappa shape index (κ1) is 12.4. The minimum absolute atomic E-state index is 0.200. The van der Waals surface area contributed by atoms with Crippen molar-refractivity contribution in [1.29, 1.82) is 0 Å². The highest BCUT2D eigenvalue weighted by molar-refractivity contribution is 6.01. The topological polar surface area (TPSA) is 99.3 Å². The molecule has 3 rings (SSSR count). The molecule has 1 unspecified atom stereocenters. The average Bonchev–Trinajstić information content (AvgIpc) is 2.80. The molecule has 6 heteroatoms. The molecule has 2 heterocycles. The van der Waals surface area contributed by atoms with Gasteiger partial charge in [-0.25, -0.2) is 4.79 Å². The van der Waals surface area contributed by atoms with Crippen LogP contribution in [-0.4, -0.2) is 27.9 Å². The molecule has 0 bridgehead atoms. The zero-order valence-corrected chi connectivity index (χ0v) is 10.5. The van der Waals surface area contributed by atoms with Crippen molar-refractivity contribution >= 4 is 28.7 Å². The summed E-state index contributed by atoms with van der Waals surface area (Å²) in [4.78, 5) is 37.0. The molecule has 1 aromatic heterocycles. The average molecular weight is 272 g/mol. The van der Waals surface area contributed by atoms with Crippen molar-refractivity contribution in [3.05, 3.63) is 35.5 Å². The van der Waals surface area contributed by atoms with Crippen LogP contribution in [0.1, 0.15) is 34.8 Å². The maximum Gasteiger partial charge on any atom is 0.335 e. The molecule has 0 spiro atoms. The number of aromatic nitrogens is 1. The number of carboxylic acid groups (broad SMARTS) is 1. The van der Waals surface area contributed by atoms with Crippen LogP contribution in [0.25, 0.3) is 10.9 Å². The Bertz CT molecular complexity index is 732. The number of benzene rings is 1. The Morgan fingerprint density at radius 3 is 2.75 bits per heavy atom. The van der Waals surface area contributed by atoms with Crippen LogP contribution in [0.15, 0.2) is 24.3 Å². The second kappa shape index (κ2) is 4.48. The summed E-state index contributed by atoms with van der Waals surface area (Å²) in [7, 11) is 0. The standard InChI is InChI=1S/C14H12N2O4/c17-12-4-2-9(13(18)16-12)11-6-8-5-7(14(19)20)1-3-10(8)15-11/h1,3,5-6,9,15H,2,4H2,(H,19,20)(H,16,17,18). The number of carbonyl (C=O) groups is 3. The summed E-state index contributed by atoms with van der Waals surface area (Å²) in [5.74, 6) is -1.95. The van der Waals surface area contributed by atoms with E-state index in [4.69, 9.17) is 5.11 Å². The summed E-state index contributed by atoms with van der Waals surface area (Å²) >= 11 is 0. The lowest BCUT2D eigenvalue weighted by molar-refractivity contribution is -0.134. The van der Waals surface area contributed by atoms with Crippen molar-refractivity contribution in [2.75, 3.05) is 0 Å². The monoisotopic (exact) mass is 272 g/mol. The summed E-state index contributed by atoms with van der Waals surface area (Å²) in [6.45, 7) is 0. The van der Waals surface area contributed by atoms with Crippen LogP contribution in [-0.2, 0) is 9.59 Å². The zero-order valence-electron chi connectivity index (χ0n) is 10.5. The summed E-state index contributed by atoms with van der Waals surface area (Å²) < 4.78 is 0. The number of imide groups is 1. The highest BCUT2D eigenvalue weighted by Gasteiger charge is 2.29. The summed E-state index contributed by atoms with van der Waals surface area (Å²) in [6, 6.07) is 6.51. The molecular formula is C14H12N2O4. The van der Waals surface area contributed by atoms with E-state index >= 15 is 0 Å². The second-order valence-corrected chi connectivity index (χ2v) is 4.84. The predicted octanol–water partition coefficient (Wildman–Crippen LogP) is 1.39. The van der Waals surface area contributed by atoms with E-state index in [0.717, 1.165) is 10.9 Å². The number of carbonyl (C=O) groups excluding carboxylic acids is 2. The number of piperidine rings is 1. The van der Waals surface area contributed by atoms with Crippen molar-refractivity contribution in [1.82, 2.24) is 10.3 Å². The molecule has 1 aromatic carbocycles. The Morgan fingerprint density at radius 1 is 1.25 bits per heavy atom. The van der Waals surface area contributed by atoms with Crippen LogP contribution in [0.5, 0.6) is 0 Å². The molecular weight excluding hydrogens is 260 g/mol. The van der Waals surface area contributed by atoms with Gasteiger partial charge in [0.05, 0.1) is 11.5 Å². The Hall–Kier alpha value is -2.63. The van der Waals surface area contributed by atoms with E-state index in [1.54, 1.807) is 18.2 Å². The molecule has 3 N–H and O–H groups in total. The van der Waals surface area contributed by atoms with Crippen LogP contribution in [0.3, 0.4) is 0 Å². The van der Waals surface area contributed by atoms with Crippen LogP contribution in [0, 0.1) is 0 Å². The van der Waals surface area contributed by atoms with Gasteiger partial charge in [-0.2, -0.15) is 0 Å². The Labute approximate surface area is 113 Å². The lowest BCUT2D eigenvalue weighted by Crippen LogP contribution is -2.39. The van der Waals surface area contributed by atoms with Crippen molar-refractivity contribution in [2.45, 2.75) is 18.8 Å². The minimum atomic E-state index is -0.990. The first-order chi connectivity index (χ1) is 9.54. The molecule has 0 radical (unpaired) electrons. The van der Waals surface area contributed by atoms with Gasteiger partial charge in [-0.05, 0) is 30.7 Å². The SMILES string of the molecule is O=C1CCC(c2cc3cc(C(=O)O)ccc3[nH]2)C(=O)N1. The molecule has 2 amide bonds. The van der Waals surface area contributed by atoms with Crippen molar-refractivity contribution in [3.63, 3.8) is 0 Å². The molecule has 2 aromatic rings. The third-order valence-electron chi connectivity index (χ3n) is 3.50. The fourth-order valence-electron chi connectivity index (χ4n) is 2.47. The number of aromatic amines is 1. The molecule has 0 saturated carbocycles. The number of carboxylic acids is 1. The first-order valence-corrected chi connectivity index (χ1v) is 6.24. The number of hydrogen-bond donors (Lipinski definition) is 3. The van der Waals surface area contributed by atoms with Gasteiger partial charge in [0, 0.05) is 23.0 Å². The van der Waals surface area contributed by atoms with Gasteiger partial charge in [-0.15, -0.1) is 0 Å². The van der Waals surface area contributed by atoms with Crippen LogP contribution < -0.4 is 5.32 Å². The lowest BCUT2D eigenvalue weighted by Gasteiger charge is -2.19. The minimum Gasteiger partial charge on any atom is -0.478 e. The van der Waals surface area contributed by atoms with Crippen LogP contribution >= 0.6 is 0 Å². The molecule has 0 aliphatic carbocycles. The first-order valence-electron chi connectivity index (χ1n) is 6.24. The smallest absolute Gasteiger partial charge is 0.335 e. The summed E-state index contributed by atoms with van der Waals surface area (Å²) in [5.41, 5.74) is 1.67. The maximum atomic E-state index is 11.8. The van der Waals surface area contributed by atoms with E-state index in [9.17, 15) is 14.4 Å². The van der Waals surface area contributed by atoms with Crippen molar-refractivity contribution in [3.8, 4) is 0 Å². The molecule has 1 aliphatic heterocycles. The van der Waals surface area contributed by atoms with Gasteiger partial charge in [0.1, 0.15) is 0 Å². The molecule has 1 aliphatic rings. The van der Waals surface area contributed by atoms with Gasteiger partial charge in [-0.1, -0.05) is 0 Å². The second-order valence-electron chi connectivity index (χ2n) is 4.84. The Morgan fingerprint density at radius 2 is 2.05 bits per heavy atom. The number of rotatable bonds is 2. The molecule has 1 atom stereocenters. The van der Waals surface area contributed by atoms with Gasteiger partial charge in [0.2, 0.25) is 11.8 Å². The van der Waals surface area contributed by atoms with Gasteiger partial charge < -0.3 is 10.1 Å². The van der Waals surface area contributed by atoms with Gasteiger partial charge in [0.25, 0.3) is 0 Å². The highest BCUT2D eigenvalue weighted by atomic mass is 16.4. The molecule has 6 nitrogen and oxygen atoms in total. The number of H-pyrrole nitrogens is 1. The van der Waals surface area contributed by atoms with E-state index in [-0.39, 0.29) is 17.4 Å². The Kier molecular flexibility index (Phi) is 2.78. The normalized spacial score (nSPS) is 19.1. The quantitative estimate of drug-likeness (QED) is 0.719. The summed E-state index contributed by atoms with van der Waals surface area (Å²) in [5, 5.41) is 12.0. The van der Waals surface area contributed by atoms with Gasteiger partial charge in [-0.3, -0.25) is 14.9 Å². The summed E-state index contributed by atoms with van der Waals surface area (Å²) in [6.07, 6.45) is 0.773. The maximum absolute atomic E-state index is 11.8. The molecule has 1 saturated heterocycles. The molecule has 1 fully saturated rings. The van der Waals surface area contributed by atoms with Crippen molar-refractivity contribution < 1.29 is 19.5 Å². The van der Waals surface area contributed by atoms with Gasteiger partial charge >= 0.3 is 5.97 Å². The highest BCUT2D eigenvalue weighted by Crippen LogP contribution is 2.27. The fraction of sp³-hybridized carbons (Fsp3) is 0.214. The fourth-order valence-corrected chi connectivity index (χ4v) is 2.47. The predicted molar refractivity (Wildman–Crippen MR) is 70.4 cm³/mol. The van der Waals surface area contributed by atoms with Gasteiger partial charge in [0.15, 0.2) is 0 Å². The van der Waals surface area contributed by atoms with E-state index in [2.05, 4.69) is 10.3 Å². The molecule has 102 valence electrons. The third-order valence-corrected chi connectivity index (χ3v) is 3.50. The third kappa shape index (κ3) is 2.05. The Balaban J connectivity index is 1.98. The lowest BCUT2D eigenvalue weighted by atomic mass is 9.95. The number of nitrogens with one attached hydrogen (secondary N) is 2. The number of aromatic carboxylic acids is 1. The van der Waals surface area contributed by atoms with E-state index in [1.165, 1.54) is 6.07 Å². The molecule has 20 heavy (non-hydrogen) atoms. The van der Waals surface area contributed by atoms with E-state index in [0.29, 0.717) is 18.5 Å². The van der Waals surface area contributed by atoms with Crippen LogP contribution in [0.2, 0.25) is 0 Å². The number of fused-ring (bicyclic) bond motifs is 1. The van der Waals surface area contributed by atoms with Crippen LogP contribution in [0.4, 0.5) is 0 Å². The van der Waals surface area contributed by atoms with Crippen molar-refractivity contribution in [2.24, 2.45) is 0 Å².